The Hall–Kier alpha value is -3.67. The molecule has 0 unspecified atom stereocenters. The fourth-order valence-electron chi connectivity index (χ4n) is 3.96. The van der Waals surface area contributed by atoms with Crippen molar-refractivity contribution >= 4 is 27.6 Å². The molecule has 1 saturated carbocycles. The van der Waals surface area contributed by atoms with Crippen molar-refractivity contribution in [2.24, 2.45) is 0 Å². The molecule has 8 nitrogen and oxygen atoms in total. The minimum absolute atomic E-state index is 0.0222. The normalized spacial score (nSPS) is 13.8. The van der Waals surface area contributed by atoms with Gasteiger partial charge < -0.3 is 10.0 Å². The number of hydrogen-bond acceptors (Lipinski definition) is 6. The highest BCUT2D eigenvalue weighted by Gasteiger charge is 2.35. The van der Waals surface area contributed by atoms with Crippen molar-refractivity contribution < 1.29 is 31.5 Å². The molecule has 0 amide bonds. The van der Waals surface area contributed by atoms with E-state index in [1.807, 2.05) is 4.90 Å². The van der Waals surface area contributed by atoms with Crippen molar-refractivity contribution in [1.82, 2.24) is 9.97 Å². The third-order valence-electron chi connectivity index (χ3n) is 5.90. The monoisotopic (exact) mass is 534 g/mol. The fourth-order valence-corrected chi connectivity index (χ4v) is 4.93. The topological polar surface area (TPSA) is 112 Å². The second-order valence-corrected chi connectivity index (χ2v) is 10.4. The first-order valence-electron chi connectivity index (χ1n) is 11.6. The van der Waals surface area contributed by atoms with Crippen LogP contribution >= 0.6 is 0 Å². The van der Waals surface area contributed by atoms with Crippen LogP contribution in [0.3, 0.4) is 0 Å². The van der Waals surface area contributed by atoms with Crippen molar-refractivity contribution in [3.05, 3.63) is 65.7 Å². The van der Waals surface area contributed by atoms with Gasteiger partial charge >= 0.3 is 12.1 Å². The maximum atomic E-state index is 13.7. The van der Waals surface area contributed by atoms with Crippen molar-refractivity contribution in [1.29, 1.82) is 0 Å². The number of halogens is 3. The second-order valence-electron chi connectivity index (χ2n) is 8.77. The summed E-state index contributed by atoms with van der Waals surface area (Å²) in [6.45, 7) is 2.05. The summed E-state index contributed by atoms with van der Waals surface area (Å²) in [5.74, 6) is -0.811. The number of carboxylic acid groups (broad SMARTS) is 1. The average Bonchev–Trinajstić information content (AvgIpc) is 3.66. The number of sulfonamides is 1. The molecule has 2 N–H and O–H groups in total. The first-order valence-corrected chi connectivity index (χ1v) is 13.1. The zero-order chi connectivity index (χ0) is 26.8. The molecular weight excluding hydrogens is 509 g/mol. The molecule has 1 aromatic carbocycles. The van der Waals surface area contributed by atoms with Crippen molar-refractivity contribution in [2.45, 2.75) is 49.9 Å². The molecule has 3 aromatic rings. The number of aryl methyl sites for hydroxylation is 1. The van der Waals surface area contributed by atoms with Gasteiger partial charge in [0, 0.05) is 24.6 Å². The van der Waals surface area contributed by atoms with Gasteiger partial charge in [0.25, 0.3) is 10.0 Å². The summed E-state index contributed by atoms with van der Waals surface area (Å²) >= 11 is 0. The average molecular weight is 535 g/mol. The van der Waals surface area contributed by atoms with E-state index in [2.05, 4.69) is 14.7 Å². The second kappa shape index (κ2) is 10.4. The van der Waals surface area contributed by atoms with Crippen molar-refractivity contribution in [3.63, 3.8) is 0 Å². The Morgan fingerprint density at radius 3 is 2.46 bits per heavy atom. The molecule has 0 radical (unpaired) electrons. The molecule has 0 aliphatic heterocycles. The number of alkyl halides is 3. The van der Waals surface area contributed by atoms with Crippen LogP contribution < -0.4 is 9.62 Å². The maximum Gasteiger partial charge on any atom is 0.418 e. The van der Waals surface area contributed by atoms with Gasteiger partial charge in [-0.25, -0.2) is 9.97 Å². The number of rotatable bonds is 10. The summed E-state index contributed by atoms with van der Waals surface area (Å²) in [4.78, 5) is 21.1. The number of nitrogens with zero attached hydrogens (tertiary/aromatic N) is 3. The van der Waals surface area contributed by atoms with Gasteiger partial charge in [-0.05, 0) is 56.0 Å². The molecular formula is C25H25F3N4O4S. The Balaban J connectivity index is 1.64. The number of anilines is 2. The predicted octanol–water partition coefficient (Wildman–Crippen LogP) is 5.11. The molecule has 2 heterocycles. The van der Waals surface area contributed by atoms with Gasteiger partial charge in [-0.15, -0.1) is 0 Å². The number of nitrogens with one attached hydrogen (secondary N) is 1. The van der Waals surface area contributed by atoms with E-state index in [1.54, 1.807) is 31.2 Å². The summed E-state index contributed by atoms with van der Waals surface area (Å²) in [6, 6.07) is 12.8. The van der Waals surface area contributed by atoms with E-state index in [-0.39, 0.29) is 34.6 Å². The minimum Gasteiger partial charge on any atom is -0.481 e. The van der Waals surface area contributed by atoms with Gasteiger partial charge in [0.2, 0.25) is 0 Å². The lowest BCUT2D eigenvalue weighted by Gasteiger charge is -2.23. The van der Waals surface area contributed by atoms with Gasteiger partial charge in [0.05, 0.1) is 11.3 Å². The summed E-state index contributed by atoms with van der Waals surface area (Å²) in [5, 5.41) is 8.60. The molecule has 4 rings (SSSR count). The minimum atomic E-state index is -4.69. The number of aromatic nitrogens is 2. The van der Waals surface area contributed by atoms with E-state index in [0.29, 0.717) is 24.3 Å². The number of carboxylic acids is 1. The Kier molecular flexibility index (Phi) is 7.39. The van der Waals surface area contributed by atoms with E-state index >= 15 is 0 Å². The lowest BCUT2D eigenvalue weighted by molar-refractivity contribution is -0.138. The number of carbonyl (C=O) groups is 1. The van der Waals surface area contributed by atoms with Crippen molar-refractivity contribution in [3.8, 4) is 11.3 Å². The Morgan fingerprint density at radius 1 is 1.08 bits per heavy atom. The van der Waals surface area contributed by atoms with Gasteiger partial charge in [0.15, 0.2) is 5.03 Å². The van der Waals surface area contributed by atoms with Crippen LogP contribution in [0.1, 0.15) is 36.8 Å². The molecule has 0 spiro atoms. The molecule has 196 valence electrons. The summed E-state index contributed by atoms with van der Waals surface area (Å²) in [6.07, 6.45) is -2.56. The third kappa shape index (κ3) is 6.37. The van der Waals surface area contributed by atoms with Gasteiger partial charge in [-0.2, -0.15) is 21.6 Å². The summed E-state index contributed by atoms with van der Waals surface area (Å²) < 4.78 is 69.6. The Labute approximate surface area is 212 Å². The van der Waals surface area contributed by atoms with Crippen LogP contribution in [0, 0.1) is 6.92 Å². The van der Waals surface area contributed by atoms with E-state index < -0.39 is 27.7 Å². The predicted molar refractivity (Wildman–Crippen MR) is 132 cm³/mol. The smallest absolute Gasteiger partial charge is 0.418 e. The maximum absolute atomic E-state index is 13.7. The number of hydrogen-bond donors (Lipinski definition) is 2. The fraction of sp³-hybridized carbons (Fsp3) is 0.320. The Bertz CT molecular complexity index is 1410. The van der Waals surface area contributed by atoms with Gasteiger partial charge in [-0.1, -0.05) is 30.3 Å². The molecule has 12 heteroatoms. The molecule has 2 aromatic heterocycles. The Morgan fingerprint density at radius 2 is 1.81 bits per heavy atom. The lowest BCUT2D eigenvalue weighted by Crippen LogP contribution is -2.29. The van der Waals surface area contributed by atoms with E-state index in [9.17, 15) is 26.4 Å². The number of pyridine rings is 2. The summed E-state index contributed by atoms with van der Waals surface area (Å²) in [7, 11) is -4.29. The number of benzene rings is 1. The zero-order valence-electron chi connectivity index (χ0n) is 19.9. The standard InChI is InChI=1S/C25H25F3N4O4S/c1-16-6-2-3-7-18(16)24-19(25(26,27)28)13-14-20(29-24)31-37(35,36)22-9-4-8-21(30-22)32(17-11-12-17)15-5-10-23(33)34/h2-4,6-9,13-14,17H,5,10-12,15H2,1H3,(H,29,31)(H,33,34). The van der Waals surface area contributed by atoms with E-state index in [1.165, 1.54) is 18.2 Å². The quantitative estimate of drug-likeness (QED) is 0.372. The first kappa shape index (κ1) is 26.4. The molecule has 1 aliphatic carbocycles. The molecule has 0 atom stereocenters. The lowest BCUT2D eigenvalue weighted by atomic mass is 10.0. The molecule has 0 saturated heterocycles. The third-order valence-corrected chi connectivity index (χ3v) is 7.15. The zero-order valence-corrected chi connectivity index (χ0v) is 20.7. The van der Waals surface area contributed by atoms with Crippen LogP contribution in [0.25, 0.3) is 11.3 Å². The molecule has 1 aliphatic rings. The van der Waals surface area contributed by atoms with E-state index in [4.69, 9.17) is 5.11 Å². The van der Waals surface area contributed by atoms with Crippen LogP contribution in [-0.2, 0) is 21.0 Å². The van der Waals surface area contributed by atoms with E-state index in [0.717, 1.165) is 25.0 Å². The van der Waals surface area contributed by atoms with Crippen LogP contribution in [0.4, 0.5) is 24.8 Å². The van der Waals surface area contributed by atoms with Gasteiger partial charge in [0.1, 0.15) is 11.6 Å². The van der Waals surface area contributed by atoms with Crippen LogP contribution in [0.5, 0.6) is 0 Å². The molecule has 1 fully saturated rings. The van der Waals surface area contributed by atoms with Crippen LogP contribution in [0.15, 0.2) is 59.6 Å². The van der Waals surface area contributed by atoms with Gasteiger partial charge in [-0.3, -0.25) is 9.52 Å². The molecule has 37 heavy (non-hydrogen) atoms. The first-order chi connectivity index (χ1) is 17.5. The van der Waals surface area contributed by atoms with Crippen LogP contribution in [-0.4, -0.2) is 42.0 Å². The highest BCUT2D eigenvalue weighted by Crippen LogP contribution is 2.38. The largest absolute Gasteiger partial charge is 0.481 e. The summed E-state index contributed by atoms with van der Waals surface area (Å²) in [5.41, 5.74) is -0.576. The van der Waals surface area contributed by atoms with Crippen LogP contribution in [0.2, 0.25) is 0 Å². The highest BCUT2D eigenvalue weighted by molar-refractivity contribution is 7.92. The SMILES string of the molecule is Cc1ccccc1-c1nc(NS(=O)(=O)c2cccc(N(CCCC(=O)O)C3CC3)n2)ccc1C(F)(F)F. The van der Waals surface area contributed by atoms with Crippen molar-refractivity contribution in [2.75, 3.05) is 16.2 Å². The molecule has 0 bridgehead atoms. The number of aliphatic carboxylic acids is 1. The highest BCUT2D eigenvalue weighted by atomic mass is 32.2.